The molecular weight excluding hydrogens is 708 g/mol. The van der Waals surface area contributed by atoms with Crippen LogP contribution in [0.25, 0.3) is 79.0 Å². The van der Waals surface area contributed by atoms with Crippen LogP contribution in [0.3, 0.4) is 0 Å². The predicted molar refractivity (Wildman–Crippen MR) is 226 cm³/mol. The summed E-state index contributed by atoms with van der Waals surface area (Å²) in [4.78, 5) is 16.0. The summed E-state index contributed by atoms with van der Waals surface area (Å²) in [6.07, 6.45) is 9.19. The summed E-state index contributed by atoms with van der Waals surface area (Å²) in [5.74, 6) is 0. The first-order valence-electron chi connectivity index (χ1n) is 17.3. The van der Waals surface area contributed by atoms with E-state index < -0.39 is 0 Å². The van der Waals surface area contributed by atoms with Crippen LogP contribution in [-0.4, -0.2) is 30.9 Å². The number of benzene rings is 5. The molecular formula is C47H38CoN4Si. The molecule has 53 heavy (non-hydrogen) atoms. The number of rotatable bonds is 0. The summed E-state index contributed by atoms with van der Waals surface area (Å²) < 4.78 is 0. The largest absolute Gasteiger partial charge is 0.355 e. The third-order valence-corrected chi connectivity index (χ3v) is 9.36. The second kappa shape index (κ2) is 15.7. The number of nitrogens with zero attached hydrogens (tertiary/aromatic N) is 2. The van der Waals surface area contributed by atoms with E-state index in [1.807, 2.05) is 48.6 Å². The average Bonchev–Trinajstić information content (AvgIpc) is 4.02. The van der Waals surface area contributed by atoms with Gasteiger partial charge in [-0.15, -0.1) is 0 Å². The van der Waals surface area contributed by atoms with Crippen molar-refractivity contribution in [3.63, 3.8) is 0 Å². The van der Waals surface area contributed by atoms with Gasteiger partial charge in [-0.2, -0.15) is 0 Å². The first kappa shape index (κ1) is 35.4. The molecule has 0 saturated carbocycles. The zero-order valence-corrected chi connectivity index (χ0v) is 29.3. The van der Waals surface area contributed by atoms with Gasteiger partial charge in [-0.05, 0) is 146 Å². The number of hydrogen-bond donors (Lipinski definition) is 2. The van der Waals surface area contributed by atoms with Gasteiger partial charge in [0, 0.05) is 38.8 Å². The van der Waals surface area contributed by atoms with E-state index in [9.17, 15) is 0 Å². The first-order valence-corrected chi connectivity index (χ1v) is 17.3. The Kier molecular flexibility index (Phi) is 10.5. The maximum absolute atomic E-state index is 4.63. The van der Waals surface area contributed by atoms with Crippen LogP contribution < -0.4 is 0 Å². The Morgan fingerprint density at radius 3 is 1.00 bits per heavy atom. The number of aromatic amines is 2. The Morgan fingerprint density at radius 1 is 0.358 bits per heavy atom. The Labute approximate surface area is 323 Å². The molecule has 8 bridgehead atoms. The Hall–Kier alpha value is -6.06. The molecule has 0 spiro atoms. The standard InChI is InChI=1S/C20H14N4.C14H10.C13H10.Co.H4Si/c1-2-14-10-16-5-6-18(23-16)12-20-8-7-19(24-20)11-17-4-3-15(22-17)9-13(1)21-14;1-2-6-12-10-14-8-4-3-7-13(14)9-11(12)5-1;1-3-7-12-10(5-1)9-11-6-2-4-8-13(11)12;;/h1-12,21,24H;1-10H;1-8H,9H2;;1H4. The van der Waals surface area contributed by atoms with Crippen molar-refractivity contribution in [3.8, 4) is 11.1 Å². The Morgan fingerprint density at radius 2 is 0.660 bits per heavy atom. The molecule has 4 nitrogen and oxygen atoms in total. The van der Waals surface area contributed by atoms with Crippen molar-refractivity contribution in [1.82, 2.24) is 19.9 Å². The van der Waals surface area contributed by atoms with Gasteiger partial charge < -0.3 is 9.97 Å². The molecule has 0 saturated heterocycles. The normalized spacial score (nSPS) is 11.6. The van der Waals surface area contributed by atoms with Gasteiger partial charge >= 0.3 is 0 Å². The zero-order valence-electron chi connectivity index (χ0n) is 28.3. The van der Waals surface area contributed by atoms with Crippen molar-refractivity contribution in [3.05, 3.63) is 192 Å². The minimum absolute atomic E-state index is 0. The van der Waals surface area contributed by atoms with Crippen molar-refractivity contribution in [2.75, 3.05) is 0 Å². The average molecular weight is 746 g/mol. The molecule has 259 valence electrons. The van der Waals surface area contributed by atoms with Crippen LogP contribution >= 0.6 is 0 Å². The molecule has 5 aromatic carbocycles. The molecule has 2 aliphatic heterocycles. The van der Waals surface area contributed by atoms with Crippen LogP contribution in [0.2, 0.25) is 0 Å². The number of fused-ring (bicyclic) bond motifs is 13. The van der Waals surface area contributed by atoms with Crippen molar-refractivity contribution in [1.29, 1.82) is 0 Å². The van der Waals surface area contributed by atoms with Crippen LogP contribution in [-0.2, 0) is 23.2 Å². The van der Waals surface area contributed by atoms with Gasteiger partial charge in [0.1, 0.15) is 0 Å². The third kappa shape index (κ3) is 7.90. The molecule has 6 heteroatoms. The zero-order chi connectivity index (χ0) is 34.0. The van der Waals surface area contributed by atoms with Crippen LogP contribution in [0, 0.1) is 0 Å². The third-order valence-electron chi connectivity index (χ3n) is 9.36. The topological polar surface area (TPSA) is 57.4 Å². The van der Waals surface area contributed by atoms with Gasteiger partial charge in [0.05, 0.1) is 22.8 Å². The van der Waals surface area contributed by atoms with Crippen LogP contribution in [0.5, 0.6) is 0 Å². The number of H-pyrrole nitrogens is 2. The first-order chi connectivity index (χ1) is 25.2. The molecule has 0 fully saturated rings. The van der Waals surface area contributed by atoms with Gasteiger partial charge in [0.2, 0.25) is 0 Å². The summed E-state index contributed by atoms with van der Waals surface area (Å²) in [5.41, 5.74) is 13.6. The Balaban J connectivity index is 0.000000129. The molecule has 0 unspecified atom stereocenters. The van der Waals surface area contributed by atoms with E-state index in [1.165, 1.54) is 43.8 Å². The van der Waals surface area contributed by atoms with Crippen molar-refractivity contribution >= 4 is 78.9 Å². The van der Waals surface area contributed by atoms with E-state index in [1.54, 1.807) is 0 Å². The fourth-order valence-corrected chi connectivity index (χ4v) is 6.91. The summed E-state index contributed by atoms with van der Waals surface area (Å²) >= 11 is 0. The van der Waals surface area contributed by atoms with Crippen LogP contribution in [0.15, 0.2) is 158 Å². The Bertz CT molecular complexity index is 2490. The molecule has 3 aromatic heterocycles. The molecule has 3 aliphatic rings. The van der Waals surface area contributed by atoms with Crippen LogP contribution in [0.1, 0.15) is 33.9 Å². The minimum Gasteiger partial charge on any atom is -0.355 e. The summed E-state index contributed by atoms with van der Waals surface area (Å²) in [5, 5.41) is 5.25. The summed E-state index contributed by atoms with van der Waals surface area (Å²) in [6, 6.07) is 55.1. The summed E-state index contributed by atoms with van der Waals surface area (Å²) in [6.45, 7) is 0. The van der Waals surface area contributed by atoms with E-state index >= 15 is 0 Å². The minimum atomic E-state index is 0. The second-order valence-electron chi connectivity index (χ2n) is 12.9. The molecule has 0 atom stereocenters. The van der Waals surface area contributed by atoms with Gasteiger partial charge in [-0.3, -0.25) is 0 Å². The molecule has 5 heterocycles. The molecule has 0 amide bonds. The predicted octanol–water partition coefficient (Wildman–Crippen LogP) is 10.5. The maximum atomic E-state index is 4.63. The molecule has 1 aliphatic carbocycles. The fraction of sp³-hybridized carbons (Fsp3) is 0.0213. The molecule has 11 rings (SSSR count). The number of nitrogens with one attached hydrogen (secondary N) is 2. The van der Waals surface area contributed by atoms with E-state index in [4.69, 9.17) is 0 Å². The van der Waals surface area contributed by atoms with Gasteiger partial charge in [0.25, 0.3) is 0 Å². The monoisotopic (exact) mass is 745 g/mol. The van der Waals surface area contributed by atoms with E-state index in [2.05, 4.69) is 153 Å². The maximum Gasteiger partial charge on any atom is 0.0658 e. The number of hydrogen-bond acceptors (Lipinski definition) is 2. The molecule has 2 N–H and O–H groups in total. The van der Waals surface area contributed by atoms with Gasteiger partial charge in [-0.1, -0.05) is 97.1 Å². The number of aromatic nitrogens is 4. The van der Waals surface area contributed by atoms with E-state index in [-0.39, 0.29) is 27.7 Å². The van der Waals surface area contributed by atoms with E-state index in [0.29, 0.717) is 0 Å². The molecule has 8 aromatic rings. The second-order valence-corrected chi connectivity index (χ2v) is 12.9. The molecule has 1 radical (unpaired) electrons. The van der Waals surface area contributed by atoms with Crippen molar-refractivity contribution in [2.45, 2.75) is 6.42 Å². The quantitative estimate of drug-likeness (QED) is 0.120. The van der Waals surface area contributed by atoms with Crippen LogP contribution in [0.4, 0.5) is 0 Å². The van der Waals surface area contributed by atoms with Gasteiger partial charge in [0.15, 0.2) is 0 Å². The van der Waals surface area contributed by atoms with Crippen molar-refractivity contribution < 1.29 is 16.8 Å². The smallest absolute Gasteiger partial charge is 0.0658 e. The fourth-order valence-electron chi connectivity index (χ4n) is 6.91. The van der Waals surface area contributed by atoms with Crippen molar-refractivity contribution in [2.24, 2.45) is 0 Å². The SMILES string of the molecule is C1=Cc2cc3ccc(cc4nc(cc5ccc(cc1n2)[nH]5)C=C4)[nH]3.[Co].[SiH4].c1ccc2c(c1)Cc1ccccc1-2.c1ccc2cc3ccccc3cc2c1. The summed E-state index contributed by atoms with van der Waals surface area (Å²) in [7, 11) is 0. The van der Waals surface area contributed by atoms with Gasteiger partial charge in [-0.25, -0.2) is 9.97 Å². The van der Waals surface area contributed by atoms with E-state index in [0.717, 1.165) is 51.3 Å².